The summed E-state index contributed by atoms with van der Waals surface area (Å²) in [6.07, 6.45) is 0. The number of nitrogens with one attached hydrogen (secondary N) is 1. The number of ether oxygens (including phenoxy) is 1. The highest BCUT2D eigenvalue weighted by atomic mass is 35.5. The molecular weight excluding hydrogens is 294 g/mol. The highest BCUT2D eigenvalue weighted by molar-refractivity contribution is 5.85. The Morgan fingerprint density at radius 2 is 2.05 bits per heavy atom. The Labute approximate surface area is 130 Å². The molecule has 7 heteroatoms. The van der Waals surface area contributed by atoms with Crippen LogP contribution >= 0.6 is 12.4 Å². The molecule has 2 saturated heterocycles. The van der Waals surface area contributed by atoms with E-state index in [1.54, 1.807) is 19.2 Å². The minimum absolute atomic E-state index is 0. The number of hydrogen-bond donors (Lipinski definition) is 1. The molecule has 0 saturated carbocycles. The lowest BCUT2D eigenvalue weighted by molar-refractivity contribution is -0.384. The third-order valence-electron chi connectivity index (χ3n) is 4.33. The van der Waals surface area contributed by atoms with Crippen LogP contribution in [-0.2, 0) is 6.54 Å². The SMILES string of the molecule is COc1ccc([N+](=O)[O-])cc1CN1C[C@H]2CNC[C@H]2C1.Cl. The molecule has 0 radical (unpaired) electrons. The van der Waals surface area contributed by atoms with E-state index < -0.39 is 0 Å². The fraction of sp³-hybridized carbons (Fsp3) is 0.571. The molecule has 0 spiro atoms. The lowest BCUT2D eigenvalue weighted by atomic mass is 10.0. The van der Waals surface area contributed by atoms with Crippen LogP contribution in [0.4, 0.5) is 5.69 Å². The first-order valence-corrected chi connectivity index (χ1v) is 6.91. The Bertz CT molecular complexity index is 514. The van der Waals surface area contributed by atoms with Crippen LogP contribution in [0.1, 0.15) is 5.56 Å². The van der Waals surface area contributed by atoms with Crippen LogP contribution in [0.15, 0.2) is 18.2 Å². The summed E-state index contributed by atoms with van der Waals surface area (Å²) >= 11 is 0. The minimum atomic E-state index is -0.356. The average Bonchev–Trinajstić information content (AvgIpc) is 2.99. The molecule has 0 unspecified atom stereocenters. The zero-order chi connectivity index (χ0) is 14.1. The lowest BCUT2D eigenvalue weighted by Crippen LogP contribution is -2.25. The van der Waals surface area contributed by atoms with Gasteiger partial charge in [-0.25, -0.2) is 0 Å². The largest absolute Gasteiger partial charge is 0.496 e. The molecule has 1 N–H and O–H groups in total. The van der Waals surface area contributed by atoms with Crippen molar-refractivity contribution in [1.82, 2.24) is 10.2 Å². The Kier molecular flexibility index (Phi) is 5.03. The van der Waals surface area contributed by atoms with Crippen molar-refractivity contribution in [3.05, 3.63) is 33.9 Å². The van der Waals surface area contributed by atoms with Crippen LogP contribution in [0.2, 0.25) is 0 Å². The van der Waals surface area contributed by atoms with Crippen molar-refractivity contribution in [2.24, 2.45) is 11.8 Å². The molecule has 2 atom stereocenters. The molecule has 0 aliphatic carbocycles. The number of methoxy groups -OCH3 is 1. The van der Waals surface area contributed by atoms with Crippen LogP contribution in [0.5, 0.6) is 5.75 Å². The van der Waals surface area contributed by atoms with Crippen LogP contribution in [0.3, 0.4) is 0 Å². The van der Waals surface area contributed by atoms with E-state index in [0.717, 1.165) is 55.9 Å². The van der Waals surface area contributed by atoms with Crippen molar-refractivity contribution in [1.29, 1.82) is 0 Å². The maximum Gasteiger partial charge on any atom is 0.270 e. The van der Waals surface area contributed by atoms with E-state index in [0.29, 0.717) is 0 Å². The van der Waals surface area contributed by atoms with E-state index >= 15 is 0 Å². The van der Waals surface area contributed by atoms with E-state index in [1.165, 1.54) is 6.07 Å². The molecule has 6 nitrogen and oxygen atoms in total. The summed E-state index contributed by atoms with van der Waals surface area (Å²) in [6.45, 7) is 5.02. The molecule has 0 amide bonds. The highest BCUT2D eigenvalue weighted by Crippen LogP contribution is 2.30. The number of fused-ring (bicyclic) bond motifs is 1. The van der Waals surface area contributed by atoms with Crippen molar-refractivity contribution in [3.63, 3.8) is 0 Å². The Morgan fingerprint density at radius 3 is 2.62 bits per heavy atom. The van der Waals surface area contributed by atoms with Crippen LogP contribution in [0.25, 0.3) is 0 Å². The van der Waals surface area contributed by atoms with Gasteiger partial charge in [-0.1, -0.05) is 0 Å². The lowest BCUT2D eigenvalue weighted by Gasteiger charge is -2.18. The van der Waals surface area contributed by atoms with Gasteiger partial charge in [0.1, 0.15) is 5.75 Å². The number of rotatable bonds is 4. The number of halogens is 1. The maximum absolute atomic E-state index is 10.9. The molecule has 116 valence electrons. The molecule has 2 aliphatic heterocycles. The minimum Gasteiger partial charge on any atom is -0.496 e. The monoisotopic (exact) mass is 313 g/mol. The molecule has 1 aromatic carbocycles. The zero-order valence-corrected chi connectivity index (χ0v) is 12.8. The Morgan fingerprint density at radius 1 is 1.38 bits per heavy atom. The summed E-state index contributed by atoms with van der Waals surface area (Å²) in [5.41, 5.74) is 1.02. The summed E-state index contributed by atoms with van der Waals surface area (Å²) in [4.78, 5) is 12.9. The number of likely N-dealkylation sites (tertiary alicyclic amines) is 1. The predicted molar refractivity (Wildman–Crippen MR) is 82.0 cm³/mol. The quantitative estimate of drug-likeness (QED) is 0.676. The number of benzene rings is 1. The van der Waals surface area contributed by atoms with Crippen molar-refractivity contribution >= 4 is 18.1 Å². The number of hydrogen-bond acceptors (Lipinski definition) is 5. The van der Waals surface area contributed by atoms with Crippen molar-refractivity contribution in [2.75, 3.05) is 33.3 Å². The number of nitro groups is 1. The van der Waals surface area contributed by atoms with Gasteiger partial charge >= 0.3 is 0 Å². The second kappa shape index (κ2) is 6.60. The second-order valence-corrected chi connectivity index (χ2v) is 5.63. The van der Waals surface area contributed by atoms with Gasteiger partial charge in [0.2, 0.25) is 0 Å². The summed E-state index contributed by atoms with van der Waals surface area (Å²) < 4.78 is 5.32. The molecule has 2 fully saturated rings. The summed E-state index contributed by atoms with van der Waals surface area (Å²) in [5.74, 6) is 2.17. The van der Waals surface area contributed by atoms with E-state index in [9.17, 15) is 10.1 Å². The van der Waals surface area contributed by atoms with E-state index in [-0.39, 0.29) is 23.0 Å². The Balaban J connectivity index is 0.00000161. The standard InChI is InChI=1S/C14H19N3O3.ClH/c1-20-14-3-2-13(17(18)19)4-10(14)7-16-8-11-5-15-6-12(11)9-16;/h2-4,11-12,15H,5-9H2,1H3;1H/t11-,12+;. The third kappa shape index (κ3) is 3.28. The van der Waals surface area contributed by atoms with Crippen LogP contribution < -0.4 is 10.1 Å². The fourth-order valence-electron chi connectivity index (χ4n) is 3.32. The topological polar surface area (TPSA) is 67.6 Å². The van der Waals surface area contributed by atoms with Gasteiger partial charge in [-0.3, -0.25) is 15.0 Å². The Hall–Kier alpha value is -1.37. The van der Waals surface area contributed by atoms with Gasteiger partial charge in [-0.15, -0.1) is 12.4 Å². The number of nitrogens with zero attached hydrogens (tertiary/aromatic N) is 2. The number of nitro benzene ring substituents is 1. The molecule has 1 aromatic rings. The fourth-order valence-corrected chi connectivity index (χ4v) is 3.32. The first-order chi connectivity index (χ1) is 9.67. The van der Waals surface area contributed by atoms with Crippen LogP contribution in [0, 0.1) is 22.0 Å². The van der Waals surface area contributed by atoms with E-state index in [2.05, 4.69) is 10.2 Å². The number of non-ortho nitro benzene ring substituents is 1. The third-order valence-corrected chi connectivity index (χ3v) is 4.33. The first-order valence-electron chi connectivity index (χ1n) is 6.91. The van der Waals surface area contributed by atoms with Crippen molar-refractivity contribution < 1.29 is 9.66 Å². The van der Waals surface area contributed by atoms with Gasteiger partial charge in [-0.2, -0.15) is 0 Å². The second-order valence-electron chi connectivity index (χ2n) is 5.63. The van der Waals surface area contributed by atoms with Gasteiger partial charge in [0, 0.05) is 37.3 Å². The van der Waals surface area contributed by atoms with Gasteiger partial charge in [-0.05, 0) is 31.0 Å². The molecular formula is C14H20ClN3O3. The molecule has 3 rings (SSSR count). The summed E-state index contributed by atoms with van der Waals surface area (Å²) in [5, 5.41) is 14.3. The molecule has 21 heavy (non-hydrogen) atoms. The van der Waals surface area contributed by atoms with Gasteiger partial charge in [0.25, 0.3) is 5.69 Å². The molecule has 0 bridgehead atoms. The molecule has 2 heterocycles. The highest BCUT2D eigenvalue weighted by Gasteiger charge is 2.36. The van der Waals surface area contributed by atoms with E-state index in [1.807, 2.05) is 0 Å². The summed E-state index contributed by atoms with van der Waals surface area (Å²) in [6, 6.07) is 4.81. The summed E-state index contributed by atoms with van der Waals surface area (Å²) in [7, 11) is 1.60. The first kappa shape index (κ1) is 16.0. The predicted octanol–water partition coefficient (Wildman–Crippen LogP) is 1.68. The molecule has 2 aliphatic rings. The van der Waals surface area contributed by atoms with Gasteiger partial charge < -0.3 is 10.1 Å². The molecule has 0 aromatic heterocycles. The smallest absolute Gasteiger partial charge is 0.270 e. The average molecular weight is 314 g/mol. The van der Waals surface area contributed by atoms with Gasteiger partial charge in [0.05, 0.1) is 12.0 Å². The van der Waals surface area contributed by atoms with E-state index in [4.69, 9.17) is 4.74 Å². The maximum atomic E-state index is 10.9. The van der Waals surface area contributed by atoms with Crippen LogP contribution in [-0.4, -0.2) is 43.1 Å². The van der Waals surface area contributed by atoms with Crippen molar-refractivity contribution in [2.45, 2.75) is 6.54 Å². The van der Waals surface area contributed by atoms with Crippen molar-refractivity contribution in [3.8, 4) is 5.75 Å². The van der Waals surface area contributed by atoms with Gasteiger partial charge in [0.15, 0.2) is 0 Å². The normalized spacial score (nSPS) is 24.4. The zero-order valence-electron chi connectivity index (χ0n) is 11.9.